The number of hydrogen-bond acceptors (Lipinski definition) is 2. The molecule has 2 heterocycles. The quantitative estimate of drug-likeness (QED) is 0.612. The molecule has 0 radical (unpaired) electrons. The molecule has 3 rings (SSSR count). The summed E-state index contributed by atoms with van der Waals surface area (Å²) in [5, 5.41) is 3.25. The third kappa shape index (κ3) is 1.06. The monoisotopic (exact) mass is 187 g/mol. The first-order chi connectivity index (χ1) is 6.84. The van der Waals surface area contributed by atoms with Crippen molar-refractivity contribution in [3.05, 3.63) is 35.5 Å². The van der Waals surface area contributed by atoms with E-state index in [1.54, 1.807) is 0 Å². The zero-order valence-corrected chi connectivity index (χ0v) is 7.96. The Kier molecular flexibility index (Phi) is 1.63. The maximum absolute atomic E-state index is 5.87. The molecule has 0 unspecified atom stereocenters. The van der Waals surface area contributed by atoms with Gasteiger partial charge in [0.05, 0.1) is 0 Å². The third-order valence-corrected chi connectivity index (χ3v) is 2.92. The molecule has 1 aliphatic rings. The zero-order valence-electron chi connectivity index (χ0n) is 7.96. The first-order valence-corrected chi connectivity index (χ1v) is 4.92. The predicted molar refractivity (Wildman–Crippen MR) is 56.6 cm³/mol. The summed E-state index contributed by atoms with van der Waals surface area (Å²) in [6, 6.07) is 6.41. The lowest BCUT2D eigenvalue weighted by Gasteiger charge is -2.11. The predicted octanol–water partition coefficient (Wildman–Crippen LogP) is 1.40. The van der Waals surface area contributed by atoms with E-state index in [0.29, 0.717) is 0 Å². The Morgan fingerprint density at radius 3 is 3.14 bits per heavy atom. The van der Waals surface area contributed by atoms with Gasteiger partial charge in [0, 0.05) is 30.2 Å². The van der Waals surface area contributed by atoms with Crippen LogP contribution in [0.2, 0.25) is 0 Å². The molecule has 1 aliphatic heterocycles. The van der Waals surface area contributed by atoms with Crippen LogP contribution in [0.25, 0.3) is 10.9 Å². The summed E-state index contributed by atoms with van der Waals surface area (Å²) in [6.45, 7) is 1.78. The van der Waals surface area contributed by atoms with E-state index in [0.717, 1.165) is 19.5 Å². The molecule has 1 aromatic carbocycles. The SMILES string of the molecule is NN1CCc2cccc3[nH]cc(c23)C1. The summed E-state index contributed by atoms with van der Waals surface area (Å²) < 4.78 is 0. The van der Waals surface area contributed by atoms with Crippen molar-refractivity contribution in [3.8, 4) is 0 Å². The Bertz CT molecular complexity index is 472. The minimum Gasteiger partial charge on any atom is -0.361 e. The van der Waals surface area contributed by atoms with E-state index < -0.39 is 0 Å². The highest BCUT2D eigenvalue weighted by molar-refractivity contribution is 5.86. The van der Waals surface area contributed by atoms with Crippen molar-refractivity contribution in [2.24, 2.45) is 5.84 Å². The van der Waals surface area contributed by atoms with Crippen LogP contribution in [-0.4, -0.2) is 16.5 Å². The Morgan fingerprint density at radius 2 is 2.21 bits per heavy atom. The van der Waals surface area contributed by atoms with Gasteiger partial charge in [-0.15, -0.1) is 0 Å². The van der Waals surface area contributed by atoms with E-state index in [1.165, 1.54) is 22.0 Å². The molecule has 0 fully saturated rings. The molecule has 3 heteroatoms. The van der Waals surface area contributed by atoms with Crippen LogP contribution in [0.1, 0.15) is 11.1 Å². The Labute approximate surface area is 82.5 Å². The Balaban J connectivity index is 2.30. The Hall–Kier alpha value is -1.32. The summed E-state index contributed by atoms with van der Waals surface area (Å²) in [7, 11) is 0. The van der Waals surface area contributed by atoms with Crippen LogP contribution in [0.3, 0.4) is 0 Å². The summed E-state index contributed by atoms with van der Waals surface area (Å²) in [6.07, 6.45) is 3.11. The summed E-state index contributed by atoms with van der Waals surface area (Å²) in [5.41, 5.74) is 3.95. The third-order valence-electron chi connectivity index (χ3n) is 2.92. The fourth-order valence-corrected chi connectivity index (χ4v) is 2.23. The molecule has 0 saturated heterocycles. The second-order valence-electron chi connectivity index (χ2n) is 3.87. The van der Waals surface area contributed by atoms with Crippen LogP contribution in [-0.2, 0) is 13.0 Å². The molecule has 0 saturated carbocycles. The van der Waals surface area contributed by atoms with E-state index in [4.69, 9.17) is 5.84 Å². The van der Waals surface area contributed by atoms with Crippen molar-refractivity contribution < 1.29 is 0 Å². The highest BCUT2D eigenvalue weighted by Gasteiger charge is 2.14. The number of hydrazine groups is 1. The maximum atomic E-state index is 5.87. The maximum Gasteiger partial charge on any atom is 0.0460 e. The van der Waals surface area contributed by atoms with Gasteiger partial charge in [0.25, 0.3) is 0 Å². The second-order valence-corrected chi connectivity index (χ2v) is 3.87. The van der Waals surface area contributed by atoms with Gasteiger partial charge in [-0.1, -0.05) is 12.1 Å². The average molecular weight is 187 g/mol. The Morgan fingerprint density at radius 1 is 1.29 bits per heavy atom. The fourth-order valence-electron chi connectivity index (χ4n) is 2.23. The van der Waals surface area contributed by atoms with Crippen molar-refractivity contribution >= 4 is 10.9 Å². The molecule has 1 aromatic heterocycles. The number of benzene rings is 1. The number of aromatic nitrogens is 1. The van der Waals surface area contributed by atoms with Crippen LogP contribution in [0, 0.1) is 0 Å². The number of rotatable bonds is 0. The van der Waals surface area contributed by atoms with E-state index in [1.807, 2.05) is 5.01 Å². The van der Waals surface area contributed by atoms with Gasteiger partial charge in [-0.2, -0.15) is 0 Å². The van der Waals surface area contributed by atoms with Crippen LogP contribution >= 0.6 is 0 Å². The lowest BCUT2D eigenvalue weighted by atomic mass is 10.1. The largest absolute Gasteiger partial charge is 0.361 e. The van der Waals surface area contributed by atoms with E-state index in [-0.39, 0.29) is 0 Å². The first-order valence-electron chi connectivity index (χ1n) is 4.92. The summed E-state index contributed by atoms with van der Waals surface area (Å²) >= 11 is 0. The first kappa shape index (κ1) is 8.03. The van der Waals surface area contributed by atoms with E-state index >= 15 is 0 Å². The van der Waals surface area contributed by atoms with Crippen molar-refractivity contribution in [1.29, 1.82) is 0 Å². The van der Waals surface area contributed by atoms with Gasteiger partial charge >= 0.3 is 0 Å². The van der Waals surface area contributed by atoms with Gasteiger partial charge < -0.3 is 4.98 Å². The molecule has 3 N–H and O–H groups in total. The minimum atomic E-state index is 0.844. The summed E-state index contributed by atoms with van der Waals surface area (Å²) in [5.74, 6) is 5.87. The van der Waals surface area contributed by atoms with Crippen molar-refractivity contribution in [2.45, 2.75) is 13.0 Å². The molecule has 14 heavy (non-hydrogen) atoms. The fraction of sp³-hybridized carbons (Fsp3) is 0.273. The molecule has 0 amide bonds. The number of H-pyrrole nitrogens is 1. The molecule has 0 bridgehead atoms. The van der Waals surface area contributed by atoms with Crippen LogP contribution in [0.4, 0.5) is 0 Å². The van der Waals surface area contributed by atoms with E-state index in [2.05, 4.69) is 29.4 Å². The lowest BCUT2D eigenvalue weighted by molar-refractivity contribution is 0.283. The molecule has 72 valence electrons. The molecule has 0 spiro atoms. The van der Waals surface area contributed by atoms with Crippen LogP contribution in [0.15, 0.2) is 24.4 Å². The van der Waals surface area contributed by atoms with Gasteiger partial charge in [0.1, 0.15) is 0 Å². The molecule has 0 atom stereocenters. The lowest BCUT2D eigenvalue weighted by Crippen LogP contribution is -2.31. The van der Waals surface area contributed by atoms with Crippen molar-refractivity contribution in [3.63, 3.8) is 0 Å². The number of aromatic amines is 1. The second kappa shape index (κ2) is 2.83. The zero-order chi connectivity index (χ0) is 9.54. The minimum absolute atomic E-state index is 0.844. The number of nitrogens with one attached hydrogen (secondary N) is 1. The standard InChI is InChI=1S/C11H13N3/c12-14-5-4-8-2-1-3-10-11(8)9(7-14)6-13-10/h1-3,6,13H,4-5,7,12H2. The topological polar surface area (TPSA) is 45.0 Å². The normalized spacial score (nSPS) is 17.2. The molecule has 3 nitrogen and oxygen atoms in total. The average Bonchev–Trinajstić information content (AvgIpc) is 2.51. The molecule has 0 aliphatic carbocycles. The van der Waals surface area contributed by atoms with Gasteiger partial charge in [-0.25, -0.2) is 5.01 Å². The molecular formula is C11H13N3. The number of hydrogen-bond donors (Lipinski definition) is 2. The van der Waals surface area contributed by atoms with Gasteiger partial charge in [-0.05, 0) is 23.6 Å². The van der Waals surface area contributed by atoms with Crippen molar-refractivity contribution in [2.75, 3.05) is 6.54 Å². The van der Waals surface area contributed by atoms with Gasteiger partial charge in [-0.3, -0.25) is 5.84 Å². The molecular weight excluding hydrogens is 174 g/mol. The highest BCUT2D eigenvalue weighted by Crippen LogP contribution is 2.26. The van der Waals surface area contributed by atoms with Crippen molar-refractivity contribution in [1.82, 2.24) is 9.99 Å². The van der Waals surface area contributed by atoms with E-state index in [9.17, 15) is 0 Å². The number of nitrogens with two attached hydrogens (primary N) is 1. The van der Waals surface area contributed by atoms with Crippen LogP contribution < -0.4 is 5.84 Å². The smallest absolute Gasteiger partial charge is 0.0460 e. The molecule has 2 aromatic rings. The van der Waals surface area contributed by atoms with Crippen LogP contribution in [0.5, 0.6) is 0 Å². The highest BCUT2D eigenvalue weighted by atomic mass is 15.4. The number of nitrogens with zero attached hydrogens (tertiary/aromatic N) is 1. The van der Waals surface area contributed by atoms with Gasteiger partial charge in [0.15, 0.2) is 0 Å². The van der Waals surface area contributed by atoms with Gasteiger partial charge in [0.2, 0.25) is 0 Å². The summed E-state index contributed by atoms with van der Waals surface area (Å²) in [4.78, 5) is 3.29.